The number of hydrogen-bond donors (Lipinski definition) is 1. The molecule has 0 unspecified atom stereocenters. The third kappa shape index (κ3) is 4.27. The second kappa shape index (κ2) is 8.65. The lowest BCUT2D eigenvalue weighted by Crippen LogP contribution is -2.33. The molecule has 1 N–H and O–H groups in total. The Balaban J connectivity index is 1.78. The van der Waals surface area contributed by atoms with Gasteiger partial charge in [0.25, 0.3) is 0 Å². The van der Waals surface area contributed by atoms with Gasteiger partial charge in [0.05, 0.1) is 24.8 Å². The highest BCUT2D eigenvalue weighted by Crippen LogP contribution is 2.32. The molecule has 8 heteroatoms. The van der Waals surface area contributed by atoms with E-state index in [9.17, 15) is 14.4 Å². The number of aryl methyl sites for hydroxylation is 2. The Morgan fingerprint density at radius 1 is 1.31 bits per heavy atom. The Kier molecular flexibility index (Phi) is 6.22. The van der Waals surface area contributed by atoms with Gasteiger partial charge in [0.15, 0.2) is 5.78 Å². The Hall–Kier alpha value is -2.87. The summed E-state index contributed by atoms with van der Waals surface area (Å²) in [4.78, 5) is 39.2. The van der Waals surface area contributed by atoms with Gasteiger partial charge in [-0.15, -0.1) is 0 Å². The number of Topliss-reactive ketones (excluding diaryl/α,β-unsaturated/α-hetero) is 1. The van der Waals surface area contributed by atoms with Crippen molar-refractivity contribution in [3.63, 3.8) is 0 Å². The molecule has 1 saturated heterocycles. The van der Waals surface area contributed by atoms with Crippen LogP contribution in [0.2, 0.25) is 0 Å². The molecule has 1 aliphatic heterocycles. The van der Waals surface area contributed by atoms with Gasteiger partial charge in [-0.2, -0.15) is 0 Å². The molecule has 0 radical (unpaired) electrons. The average Bonchev–Trinajstić information content (AvgIpc) is 3.33. The lowest BCUT2D eigenvalue weighted by molar-refractivity contribution is -0.117. The summed E-state index contributed by atoms with van der Waals surface area (Å²) >= 11 is 0. The van der Waals surface area contributed by atoms with Crippen LogP contribution in [0.4, 0.5) is 5.88 Å². The summed E-state index contributed by atoms with van der Waals surface area (Å²) in [6, 6.07) is 4.22. The van der Waals surface area contributed by atoms with Crippen LogP contribution in [-0.2, 0) is 16.6 Å². The lowest BCUT2D eigenvalue weighted by Gasteiger charge is -2.24. The zero-order chi connectivity index (χ0) is 21.1. The van der Waals surface area contributed by atoms with E-state index in [4.69, 9.17) is 9.15 Å². The van der Waals surface area contributed by atoms with Crippen molar-refractivity contribution in [2.45, 2.75) is 39.7 Å². The third-order valence-electron chi connectivity index (χ3n) is 5.20. The monoisotopic (exact) mass is 401 g/mol. The molecule has 1 amide bonds. The van der Waals surface area contributed by atoms with Crippen molar-refractivity contribution >= 4 is 23.5 Å². The number of nitrogens with zero attached hydrogens (tertiary/aromatic N) is 2. The number of carbonyl (C=O) groups is 3. The number of ketones is 1. The summed E-state index contributed by atoms with van der Waals surface area (Å²) < 4.78 is 12.7. The van der Waals surface area contributed by atoms with Crippen LogP contribution in [0.15, 0.2) is 22.7 Å². The average molecular weight is 401 g/mol. The SMILES string of the molecule is CCOC(=O)c1c(NC(=O)CN2CCC[C@H]2c2cccn2C)oc(C)c1C(C)=O. The molecule has 0 bridgehead atoms. The molecule has 0 saturated carbocycles. The second-order valence-corrected chi connectivity index (χ2v) is 7.23. The Labute approximate surface area is 169 Å². The summed E-state index contributed by atoms with van der Waals surface area (Å²) in [6.07, 6.45) is 3.98. The standard InChI is InChI=1S/C21H27N3O5/c1-5-28-21(27)19-18(13(2)25)14(3)29-20(19)22-17(26)12-24-11-7-9-16(24)15-8-6-10-23(15)4/h6,8,10,16H,5,7,9,11-12H2,1-4H3,(H,22,26)/t16-/m0/s1. The molecule has 1 aliphatic rings. The Morgan fingerprint density at radius 3 is 2.69 bits per heavy atom. The number of nitrogens with one attached hydrogen (secondary N) is 1. The van der Waals surface area contributed by atoms with Gasteiger partial charge < -0.3 is 13.7 Å². The molecule has 2 aromatic heterocycles. The fraction of sp³-hybridized carbons (Fsp3) is 0.476. The van der Waals surface area contributed by atoms with E-state index in [0.717, 1.165) is 25.1 Å². The number of amides is 1. The molecule has 1 fully saturated rings. The van der Waals surface area contributed by atoms with Crippen LogP contribution < -0.4 is 5.32 Å². The molecule has 3 rings (SSSR count). The summed E-state index contributed by atoms with van der Waals surface area (Å²) in [7, 11) is 1.99. The Bertz CT molecular complexity index is 927. The second-order valence-electron chi connectivity index (χ2n) is 7.23. The molecule has 156 valence electrons. The molecular formula is C21H27N3O5. The smallest absolute Gasteiger partial charge is 0.344 e. The first-order valence-corrected chi connectivity index (χ1v) is 9.80. The molecular weight excluding hydrogens is 374 g/mol. The van der Waals surface area contributed by atoms with E-state index in [-0.39, 0.29) is 53.7 Å². The Morgan fingerprint density at radius 2 is 2.07 bits per heavy atom. The minimum atomic E-state index is -0.687. The fourth-order valence-electron chi connectivity index (χ4n) is 3.98. The number of likely N-dealkylation sites (tertiary alicyclic amines) is 1. The first-order chi connectivity index (χ1) is 13.8. The number of esters is 1. The van der Waals surface area contributed by atoms with Crippen LogP contribution in [0.5, 0.6) is 0 Å². The van der Waals surface area contributed by atoms with E-state index in [1.54, 1.807) is 13.8 Å². The highest BCUT2D eigenvalue weighted by atomic mass is 16.5. The van der Waals surface area contributed by atoms with Gasteiger partial charge in [0.2, 0.25) is 11.8 Å². The number of aromatic nitrogens is 1. The lowest BCUT2D eigenvalue weighted by atomic mass is 10.1. The van der Waals surface area contributed by atoms with Crippen LogP contribution in [-0.4, -0.2) is 46.8 Å². The maximum Gasteiger partial charge on any atom is 0.344 e. The third-order valence-corrected chi connectivity index (χ3v) is 5.20. The van der Waals surface area contributed by atoms with Gasteiger partial charge in [-0.05, 0) is 52.3 Å². The van der Waals surface area contributed by atoms with Crippen LogP contribution in [0.3, 0.4) is 0 Å². The minimum Gasteiger partial charge on any atom is -0.462 e. The van der Waals surface area contributed by atoms with Crippen LogP contribution in [0.25, 0.3) is 0 Å². The quantitative estimate of drug-likeness (QED) is 0.566. The van der Waals surface area contributed by atoms with Crippen molar-refractivity contribution in [3.8, 4) is 0 Å². The number of carbonyl (C=O) groups excluding carboxylic acids is 3. The molecule has 2 aromatic rings. The first kappa shape index (κ1) is 20.9. The summed E-state index contributed by atoms with van der Waals surface area (Å²) in [5.74, 6) is -1.07. The number of rotatable bonds is 7. The van der Waals surface area contributed by atoms with Gasteiger partial charge >= 0.3 is 5.97 Å². The molecule has 3 heterocycles. The topological polar surface area (TPSA) is 93.8 Å². The number of hydrogen-bond acceptors (Lipinski definition) is 6. The largest absolute Gasteiger partial charge is 0.462 e. The molecule has 29 heavy (non-hydrogen) atoms. The number of anilines is 1. The van der Waals surface area contributed by atoms with Crippen LogP contribution in [0, 0.1) is 6.92 Å². The minimum absolute atomic E-state index is 0.0226. The van der Waals surface area contributed by atoms with E-state index in [1.807, 2.05) is 19.3 Å². The van der Waals surface area contributed by atoms with E-state index >= 15 is 0 Å². The van der Waals surface area contributed by atoms with Crippen molar-refractivity contribution in [1.82, 2.24) is 9.47 Å². The number of furan rings is 1. The first-order valence-electron chi connectivity index (χ1n) is 9.80. The normalized spacial score (nSPS) is 16.8. The summed E-state index contributed by atoms with van der Waals surface area (Å²) in [5, 5.41) is 2.67. The zero-order valence-electron chi connectivity index (χ0n) is 17.3. The molecule has 0 aromatic carbocycles. The van der Waals surface area contributed by atoms with Crippen LogP contribution >= 0.6 is 0 Å². The molecule has 0 aliphatic carbocycles. The summed E-state index contributed by atoms with van der Waals surface area (Å²) in [5.41, 5.74) is 1.28. The maximum absolute atomic E-state index is 12.7. The highest BCUT2D eigenvalue weighted by molar-refractivity contribution is 6.10. The van der Waals surface area contributed by atoms with E-state index in [2.05, 4.69) is 20.9 Å². The summed E-state index contributed by atoms with van der Waals surface area (Å²) in [6.45, 7) is 5.73. The van der Waals surface area contributed by atoms with Gasteiger partial charge in [0, 0.05) is 18.9 Å². The predicted octanol–water partition coefficient (Wildman–Crippen LogP) is 3.08. The van der Waals surface area contributed by atoms with Gasteiger partial charge in [-0.1, -0.05) is 0 Å². The molecule has 1 atom stereocenters. The zero-order valence-corrected chi connectivity index (χ0v) is 17.3. The van der Waals surface area contributed by atoms with Crippen molar-refractivity contribution in [2.75, 3.05) is 25.0 Å². The van der Waals surface area contributed by atoms with Crippen molar-refractivity contribution < 1.29 is 23.5 Å². The molecule has 8 nitrogen and oxygen atoms in total. The fourth-order valence-corrected chi connectivity index (χ4v) is 3.98. The van der Waals surface area contributed by atoms with E-state index in [1.165, 1.54) is 6.92 Å². The van der Waals surface area contributed by atoms with Gasteiger partial charge in [-0.3, -0.25) is 19.8 Å². The maximum atomic E-state index is 12.7. The van der Waals surface area contributed by atoms with Crippen molar-refractivity contribution in [2.24, 2.45) is 7.05 Å². The van der Waals surface area contributed by atoms with Crippen molar-refractivity contribution in [1.29, 1.82) is 0 Å². The van der Waals surface area contributed by atoms with Gasteiger partial charge in [-0.25, -0.2) is 4.79 Å². The van der Waals surface area contributed by atoms with Crippen molar-refractivity contribution in [3.05, 3.63) is 40.9 Å². The van der Waals surface area contributed by atoms with Crippen LogP contribution in [0.1, 0.15) is 64.9 Å². The van der Waals surface area contributed by atoms with E-state index < -0.39 is 5.97 Å². The highest BCUT2D eigenvalue weighted by Gasteiger charge is 2.31. The van der Waals surface area contributed by atoms with Gasteiger partial charge in [0.1, 0.15) is 11.3 Å². The number of ether oxygens (including phenoxy) is 1. The molecule has 0 spiro atoms. The van der Waals surface area contributed by atoms with E-state index in [0.29, 0.717) is 0 Å². The predicted molar refractivity (Wildman–Crippen MR) is 107 cm³/mol.